The molecule has 0 radical (unpaired) electrons. The lowest BCUT2D eigenvalue weighted by Crippen LogP contribution is -2.25. The molecule has 27 heavy (non-hydrogen) atoms. The van der Waals surface area contributed by atoms with E-state index >= 15 is 0 Å². The third-order valence-corrected chi connectivity index (χ3v) is 5.72. The zero-order valence-corrected chi connectivity index (χ0v) is 16.7. The smallest absolute Gasteiger partial charge is 0.264 e. The predicted molar refractivity (Wildman–Crippen MR) is 101 cm³/mol. The van der Waals surface area contributed by atoms with Crippen molar-refractivity contribution in [1.82, 2.24) is 4.47 Å². The lowest BCUT2D eigenvalue weighted by molar-refractivity contribution is -0.0258. The number of sulfonamides is 1. The van der Waals surface area contributed by atoms with Gasteiger partial charge < -0.3 is 14.8 Å². The quantitative estimate of drug-likeness (QED) is 0.700. The van der Waals surface area contributed by atoms with Gasteiger partial charge >= 0.3 is 0 Å². The number of amides is 1. The van der Waals surface area contributed by atoms with Gasteiger partial charge in [-0.25, -0.2) is 8.42 Å². The average molecular weight is 415 g/mol. The van der Waals surface area contributed by atoms with Crippen LogP contribution in [0.3, 0.4) is 0 Å². The summed E-state index contributed by atoms with van der Waals surface area (Å²) in [7, 11) is 1.63. The normalized spacial score (nSPS) is 11.3. The number of hydrogen-bond acceptors (Lipinski definition) is 6. The van der Waals surface area contributed by atoms with Crippen molar-refractivity contribution in [1.29, 1.82) is 0 Å². The molecule has 8 nitrogen and oxygen atoms in total. The zero-order chi connectivity index (χ0) is 20.2. The van der Waals surface area contributed by atoms with Gasteiger partial charge in [0.1, 0.15) is 11.5 Å². The van der Waals surface area contributed by atoms with Gasteiger partial charge in [0.2, 0.25) is 0 Å². The molecule has 10 heteroatoms. The molecule has 2 rings (SSSR count). The van der Waals surface area contributed by atoms with Crippen LogP contribution in [-0.4, -0.2) is 47.2 Å². The second-order valence-corrected chi connectivity index (χ2v) is 7.61. The van der Waals surface area contributed by atoms with Crippen LogP contribution >= 0.6 is 11.6 Å². The minimum atomic E-state index is -3.79. The molecule has 0 saturated carbocycles. The van der Waals surface area contributed by atoms with E-state index in [1.54, 1.807) is 0 Å². The van der Waals surface area contributed by atoms with Crippen LogP contribution in [0.25, 0.3) is 0 Å². The molecule has 1 N–H and O–H groups in total. The van der Waals surface area contributed by atoms with E-state index in [-0.39, 0.29) is 10.5 Å². The number of rotatable bonds is 7. The van der Waals surface area contributed by atoms with Crippen molar-refractivity contribution in [2.75, 3.05) is 33.7 Å². The summed E-state index contributed by atoms with van der Waals surface area (Å²) in [5.41, 5.74) is 0.615. The molecule has 1 amide bonds. The number of ether oxygens (including phenoxy) is 2. The minimum absolute atomic E-state index is 0.00542. The summed E-state index contributed by atoms with van der Waals surface area (Å²) in [4.78, 5) is 17.2. The Morgan fingerprint density at radius 1 is 1.04 bits per heavy atom. The number of nitrogens with zero attached hydrogens (tertiary/aromatic N) is 1. The van der Waals surface area contributed by atoms with Crippen LogP contribution in [0.5, 0.6) is 11.5 Å². The van der Waals surface area contributed by atoms with E-state index in [0.29, 0.717) is 22.2 Å². The van der Waals surface area contributed by atoms with E-state index in [2.05, 4.69) is 5.32 Å². The minimum Gasteiger partial charge on any atom is -0.495 e. The highest BCUT2D eigenvalue weighted by molar-refractivity contribution is 7.89. The highest BCUT2D eigenvalue weighted by Gasteiger charge is 2.21. The third-order valence-electron chi connectivity index (χ3n) is 3.73. The first-order valence-electron chi connectivity index (χ1n) is 7.60. The van der Waals surface area contributed by atoms with Gasteiger partial charge in [-0.15, -0.1) is 0 Å². The molecule has 0 spiro atoms. The topological polar surface area (TPSA) is 94.2 Å². The Morgan fingerprint density at radius 3 is 2.15 bits per heavy atom. The fraction of sp³-hybridized carbons (Fsp3) is 0.235. The summed E-state index contributed by atoms with van der Waals surface area (Å²) in [6.07, 6.45) is 0. The number of halogens is 1. The summed E-state index contributed by atoms with van der Waals surface area (Å²) in [6, 6.07) is 8.48. The Labute approximate surface area is 162 Å². The Bertz CT molecular complexity index is 931. The molecule has 0 unspecified atom stereocenters. The van der Waals surface area contributed by atoms with Gasteiger partial charge in [0.15, 0.2) is 0 Å². The van der Waals surface area contributed by atoms with Crippen LogP contribution in [0.4, 0.5) is 5.69 Å². The van der Waals surface area contributed by atoms with E-state index in [4.69, 9.17) is 25.9 Å². The number of hydrogen-bond donors (Lipinski definition) is 1. The monoisotopic (exact) mass is 414 g/mol. The Kier molecular flexibility index (Phi) is 6.66. The van der Waals surface area contributed by atoms with Crippen LogP contribution < -0.4 is 14.8 Å². The number of nitrogens with one attached hydrogen (secondary N) is 1. The maximum absolute atomic E-state index is 12.5. The number of carbonyl (C=O) groups is 1. The van der Waals surface area contributed by atoms with Crippen molar-refractivity contribution in [3.8, 4) is 11.5 Å². The molecular weight excluding hydrogens is 396 g/mol. The summed E-state index contributed by atoms with van der Waals surface area (Å²) in [6.45, 7) is 0. The largest absolute Gasteiger partial charge is 0.495 e. The number of carbonyl (C=O) groups excluding carboxylic acids is 1. The fourth-order valence-electron chi connectivity index (χ4n) is 2.18. The lowest BCUT2D eigenvalue weighted by atomic mass is 10.2. The number of anilines is 1. The third kappa shape index (κ3) is 4.51. The first-order valence-corrected chi connectivity index (χ1v) is 9.42. The SMILES string of the molecule is COc1cc(NC(=O)c2ccc(S(=O)(=O)N(C)OC)cc2)c(OC)cc1Cl. The molecule has 0 bridgehead atoms. The number of methoxy groups -OCH3 is 2. The van der Waals surface area contributed by atoms with Gasteiger partial charge in [-0.05, 0) is 24.3 Å². The fourth-order valence-corrected chi connectivity index (χ4v) is 3.38. The van der Waals surface area contributed by atoms with Gasteiger partial charge in [-0.2, -0.15) is 0 Å². The molecule has 0 aliphatic carbocycles. The van der Waals surface area contributed by atoms with E-state index in [9.17, 15) is 13.2 Å². The molecule has 146 valence electrons. The standard InChI is InChI=1S/C17H19ClN2O6S/c1-20(26-4)27(22,23)12-7-5-11(6-8-12)17(21)19-14-10-15(24-2)13(18)9-16(14)25-3/h5-10H,1-4H3,(H,19,21). The van der Waals surface area contributed by atoms with Crippen LogP contribution in [0.2, 0.25) is 5.02 Å². The maximum atomic E-state index is 12.5. The first kappa shape index (κ1) is 21.0. The molecule has 0 aromatic heterocycles. The van der Waals surface area contributed by atoms with E-state index < -0.39 is 15.9 Å². The van der Waals surface area contributed by atoms with Gasteiger partial charge in [0.25, 0.3) is 15.9 Å². The molecular formula is C17H19ClN2O6S. The van der Waals surface area contributed by atoms with Gasteiger partial charge in [-0.3, -0.25) is 9.63 Å². The van der Waals surface area contributed by atoms with Crippen LogP contribution in [-0.2, 0) is 14.9 Å². The molecule has 2 aromatic carbocycles. The second kappa shape index (κ2) is 8.57. The van der Waals surface area contributed by atoms with E-state index in [1.807, 2.05) is 0 Å². The molecule has 2 aromatic rings. The lowest BCUT2D eigenvalue weighted by Gasteiger charge is -2.15. The van der Waals surface area contributed by atoms with Crippen molar-refractivity contribution >= 4 is 33.2 Å². The molecule has 0 fully saturated rings. The summed E-state index contributed by atoms with van der Waals surface area (Å²) >= 11 is 6.04. The van der Waals surface area contributed by atoms with E-state index in [1.165, 1.54) is 64.8 Å². The average Bonchev–Trinajstić information content (AvgIpc) is 2.68. The zero-order valence-electron chi connectivity index (χ0n) is 15.1. The van der Waals surface area contributed by atoms with E-state index in [0.717, 1.165) is 4.47 Å². The summed E-state index contributed by atoms with van der Waals surface area (Å²) in [5.74, 6) is 0.272. The van der Waals surface area contributed by atoms with Crippen molar-refractivity contribution in [2.45, 2.75) is 4.90 Å². The molecule has 0 atom stereocenters. The van der Waals surface area contributed by atoms with Gasteiger partial charge in [-0.1, -0.05) is 16.1 Å². The highest BCUT2D eigenvalue weighted by atomic mass is 35.5. The van der Waals surface area contributed by atoms with Crippen molar-refractivity contribution in [3.63, 3.8) is 0 Å². The van der Waals surface area contributed by atoms with Gasteiger partial charge in [0, 0.05) is 24.7 Å². The Balaban J connectivity index is 2.27. The highest BCUT2D eigenvalue weighted by Crippen LogP contribution is 2.36. The molecule has 0 aliphatic heterocycles. The molecule has 0 saturated heterocycles. The second-order valence-electron chi connectivity index (χ2n) is 5.26. The summed E-state index contributed by atoms with van der Waals surface area (Å²) in [5, 5.41) is 3.02. The Morgan fingerprint density at radius 2 is 1.63 bits per heavy atom. The number of hydroxylamine groups is 1. The molecule has 0 heterocycles. The predicted octanol–water partition coefficient (Wildman–Crippen LogP) is 2.79. The van der Waals surface area contributed by atoms with Crippen LogP contribution in [0, 0.1) is 0 Å². The maximum Gasteiger partial charge on any atom is 0.264 e. The van der Waals surface area contributed by atoms with Crippen LogP contribution in [0.1, 0.15) is 10.4 Å². The van der Waals surface area contributed by atoms with Gasteiger partial charge in [0.05, 0.1) is 36.9 Å². The Hall–Kier alpha value is -2.33. The molecule has 0 aliphatic rings. The van der Waals surface area contributed by atoms with Crippen molar-refractivity contribution in [3.05, 3.63) is 47.0 Å². The van der Waals surface area contributed by atoms with Crippen molar-refractivity contribution in [2.24, 2.45) is 0 Å². The summed E-state index contributed by atoms with van der Waals surface area (Å²) < 4.78 is 35.4. The number of benzene rings is 2. The first-order chi connectivity index (χ1) is 12.7. The van der Waals surface area contributed by atoms with Crippen LogP contribution in [0.15, 0.2) is 41.3 Å². The van der Waals surface area contributed by atoms with Crippen molar-refractivity contribution < 1.29 is 27.5 Å².